The summed E-state index contributed by atoms with van der Waals surface area (Å²) < 4.78 is 5.89. The average molecular weight is 309 g/mol. The smallest absolute Gasteiger partial charge is 0.119 e. The summed E-state index contributed by atoms with van der Waals surface area (Å²) in [5.41, 5.74) is 3.86. The summed E-state index contributed by atoms with van der Waals surface area (Å²) in [5, 5.41) is 0. The Hall–Kier alpha value is -1.80. The van der Waals surface area contributed by atoms with Crippen LogP contribution in [0.3, 0.4) is 0 Å². The largest absolute Gasteiger partial charge is 0.494 e. The summed E-state index contributed by atoms with van der Waals surface area (Å²) in [6.07, 6.45) is 5.24. The molecule has 1 fully saturated rings. The van der Waals surface area contributed by atoms with Gasteiger partial charge >= 0.3 is 0 Å². The summed E-state index contributed by atoms with van der Waals surface area (Å²) in [5.74, 6) is 0.973. The fourth-order valence-electron chi connectivity index (χ4n) is 3.29. The SMILES string of the molecule is Cc1ccccc1-c1ccc(OCCCN2CCCCC2)cc1. The zero-order valence-corrected chi connectivity index (χ0v) is 14.1. The van der Waals surface area contributed by atoms with Crippen LogP contribution in [-0.4, -0.2) is 31.1 Å². The van der Waals surface area contributed by atoms with Crippen molar-refractivity contribution in [2.24, 2.45) is 0 Å². The Morgan fingerprint density at radius 1 is 0.913 bits per heavy atom. The van der Waals surface area contributed by atoms with Crippen molar-refractivity contribution in [1.82, 2.24) is 4.90 Å². The molecule has 0 amide bonds. The molecule has 0 unspecified atom stereocenters. The second-order valence-corrected chi connectivity index (χ2v) is 6.44. The summed E-state index contributed by atoms with van der Waals surface area (Å²) in [6.45, 7) is 6.66. The molecular formula is C21H27NO. The molecule has 23 heavy (non-hydrogen) atoms. The van der Waals surface area contributed by atoms with E-state index in [1.807, 2.05) is 0 Å². The van der Waals surface area contributed by atoms with E-state index in [1.165, 1.54) is 55.6 Å². The van der Waals surface area contributed by atoms with Gasteiger partial charge in [0.15, 0.2) is 0 Å². The third-order valence-corrected chi connectivity index (χ3v) is 4.65. The molecule has 1 aliphatic rings. The van der Waals surface area contributed by atoms with Crippen molar-refractivity contribution in [3.8, 4) is 16.9 Å². The molecule has 0 saturated carbocycles. The topological polar surface area (TPSA) is 12.5 Å². The van der Waals surface area contributed by atoms with Gasteiger partial charge in [-0.25, -0.2) is 0 Å². The van der Waals surface area contributed by atoms with Crippen LogP contribution in [0.25, 0.3) is 11.1 Å². The lowest BCUT2D eigenvalue weighted by molar-refractivity contribution is 0.205. The van der Waals surface area contributed by atoms with Crippen molar-refractivity contribution < 1.29 is 4.74 Å². The highest BCUT2D eigenvalue weighted by molar-refractivity contribution is 5.67. The van der Waals surface area contributed by atoms with Crippen molar-refractivity contribution in [3.63, 3.8) is 0 Å². The van der Waals surface area contributed by atoms with Gasteiger partial charge in [0.25, 0.3) is 0 Å². The van der Waals surface area contributed by atoms with E-state index in [1.54, 1.807) is 0 Å². The van der Waals surface area contributed by atoms with Crippen LogP contribution < -0.4 is 4.74 Å². The fourth-order valence-corrected chi connectivity index (χ4v) is 3.29. The van der Waals surface area contributed by atoms with Gasteiger partial charge in [-0.15, -0.1) is 0 Å². The highest BCUT2D eigenvalue weighted by Gasteiger charge is 2.09. The number of likely N-dealkylation sites (tertiary alicyclic amines) is 1. The lowest BCUT2D eigenvalue weighted by Crippen LogP contribution is -2.31. The van der Waals surface area contributed by atoms with Crippen LogP contribution in [0, 0.1) is 6.92 Å². The Bertz CT molecular complexity index is 599. The second-order valence-electron chi connectivity index (χ2n) is 6.44. The Morgan fingerprint density at radius 2 is 1.65 bits per heavy atom. The summed E-state index contributed by atoms with van der Waals surface area (Å²) in [4.78, 5) is 2.56. The van der Waals surface area contributed by atoms with Gasteiger partial charge in [0.2, 0.25) is 0 Å². The molecule has 0 N–H and O–H groups in total. The Morgan fingerprint density at radius 3 is 2.39 bits per heavy atom. The van der Waals surface area contributed by atoms with Crippen LogP contribution >= 0.6 is 0 Å². The van der Waals surface area contributed by atoms with Gasteiger partial charge in [-0.1, -0.05) is 42.8 Å². The highest BCUT2D eigenvalue weighted by Crippen LogP contribution is 2.25. The predicted molar refractivity (Wildman–Crippen MR) is 97.0 cm³/mol. The normalized spacial score (nSPS) is 15.5. The summed E-state index contributed by atoms with van der Waals surface area (Å²) >= 11 is 0. The predicted octanol–water partition coefficient (Wildman–Crippen LogP) is 4.92. The van der Waals surface area contributed by atoms with E-state index in [0.717, 1.165) is 18.8 Å². The number of benzene rings is 2. The first-order valence-electron chi connectivity index (χ1n) is 8.84. The van der Waals surface area contributed by atoms with Gasteiger partial charge in [0.1, 0.15) is 5.75 Å². The Balaban J connectivity index is 1.47. The van der Waals surface area contributed by atoms with E-state index in [9.17, 15) is 0 Å². The van der Waals surface area contributed by atoms with E-state index >= 15 is 0 Å². The molecular weight excluding hydrogens is 282 g/mol. The molecule has 3 rings (SSSR count). The summed E-state index contributed by atoms with van der Waals surface area (Å²) in [7, 11) is 0. The third-order valence-electron chi connectivity index (χ3n) is 4.65. The van der Waals surface area contributed by atoms with Crippen LogP contribution in [-0.2, 0) is 0 Å². The molecule has 0 atom stereocenters. The van der Waals surface area contributed by atoms with Gasteiger partial charge in [0, 0.05) is 6.54 Å². The first-order valence-corrected chi connectivity index (χ1v) is 8.84. The van der Waals surface area contributed by atoms with Gasteiger partial charge in [-0.05, 0) is 68.1 Å². The van der Waals surface area contributed by atoms with E-state index in [-0.39, 0.29) is 0 Å². The van der Waals surface area contributed by atoms with E-state index in [4.69, 9.17) is 4.74 Å². The molecule has 0 spiro atoms. The maximum Gasteiger partial charge on any atom is 0.119 e. The minimum Gasteiger partial charge on any atom is -0.494 e. The zero-order chi connectivity index (χ0) is 15.9. The maximum absolute atomic E-state index is 5.89. The molecule has 0 radical (unpaired) electrons. The standard InChI is InChI=1S/C21H27NO/c1-18-8-3-4-9-21(18)19-10-12-20(13-11-19)23-17-7-16-22-14-5-2-6-15-22/h3-4,8-13H,2,5-7,14-17H2,1H3. The van der Waals surface area contributed by atoms with Crippen LogP contribution in [0.4, 0.5) is 0 Å². The minimum absolute atomic E-state index is 0.806. The van der Waals surface area contributed by atoms with Crippen molar-refractivity contribution in [1.29, 1.82) is 0 Å². The number of nitrogens with zero attached hydrogens (tertiary/aromatic N) is 1. The van der Waals surface area contributed by atoms with Crippen LogP contribution in [0.15, 0.2) is 48.5 Å². The number of hydrogen-bond donors (Lipinski definition) is 0. The molecule has 122 valence electrons. The first-order chi connectivity index (χ1) is 11.3. The Kier molecular flexibility index (Phi) is 5.71. The molecule has 1 saturated heterocycles. The van der Waals surface area contributed by atoms with Gasteiger partial charge in [-0.2, -0.15) is 0 Å². The number of aryl methyl sites for hydroxylation is 1. The molecule has 1 heterocycles. The van der Waals surface area contributed by atoms with Crippen molar-refractivity contribution in [3.05, 3.63) is 54.1 Å². The van der Waals surface area contributed by atoms with E-state index < -0.39 is 0 Å². The monoisotopic (exact) mass is 309 g/mol. The number of piperidine rings is 1. The molecule has 0 aromatic heterocycles. The molecule has 2 aromatic rings. The molecule has 0 aliphatic carbocycles. The molecule has 2 aromatic carbocycles. The van der Waals surface area contributed by atoms with Gasteiger partial charge < -0.3 is 9.64 Å². The fraction of sp³-hybridized carbons (Fsp3) is 0.429. The first kappa shape index (κ1) is 16.1. The summed E-state index contributed by atoms with van der Waals surface area (Å²) in [6, 6.07) is 17.0. The average Bonchev–Trinajstić information content (AvgIpc) is 2.61. The van der Waals surface area contributed by atoms with Crippen LogP contribution in [0.2, 0.25) is 0 Å². The lowest BCUT2D eigenvalue weighted by atomic mass is 10.0. The quantitative estimate of drug-likeness (QED) is 0.702. The van der Waals surface area contributed by atoms with Crippen molar-refractivity contribution >= 4 is 0 Å². The second kappa shape index (κ2) is 8.16. The van der Waals surface area contributed by atoms with Crippen molar-refractivity contribution in [2.75, 3.05) is 26.2 Å². The van der Waals surface area contributed by atoms with Gasteiger partial charge in [0.05, 0.1) is 6.61 Å². The molecule has 1 aliphatic heterocycles. The molecule has 2 heteroatoms. The van der Waals surface area contributed by atoms with E-state index in [0.29, 0.717) is 0 Å². The highest BCUT2D eigenvalue weighted by atomic mass is 16.5. The number of hydrogen-bond acceptors (Lipinski definition) is 2. The lowest BCUT2D eigenvalue weighted by Gasteiger charge is -2.26. The zero-order valence-electron chi connectivity index (χ0n) is 14.1. The van der Waals surface area contributed by atoms with Crippen molar-refractivity contribution in [2.45, 2.75) is 32.6 Å². The maximum atomic E-state index is 5.89. The van der Waals surface area contributed by atoms with E-state index in [2.05, 4.69) is 60.4 Å². The Labute approximate surface area is 140 Å². The molecule has 2 nitrogen and oxygen atoms in total. The third kappa shape index (κ3) is 4.59. The minimum atomic E-state index is 0.806. The van der Waals surface area contributed by atoms with Crippen LogP contribution in [0.5, 0.6) is 5.75 Å². The van der Waals surface area contributed by atoms with Crippen LogP contribution in [0.1, 0.15) is 31.2 Å². The molecule has 0 bridgehead atoms. The number of rotatable bonds is 6. The number of ether oxygens (including phenoxy) is 1. The van der Waals surface area contributed by atoms with Gasteiger partial charge in [-0.3, -0.25) is 0 Å².